The molecule has 0 bridgehead atoms. The largest absolute Gasteiger partial charge is 0.394 e. The molecular weight excluding hydrogens is 262 g/mol. The Hall–Kier alpha value is -0.120. The van der Waals surface area contributed by atoms with Crippen LogP contribution >= 0.6 is 0 Å². The van der Waals surface area contributed by atoms with Crippen LogP contribution in [-0.4, -0.2) is 36.0 Å². The average molecular weight is 299 g/mol. The summed E-state index contributed by atoms with van der Waals surface area (Å²) in [6, 6.07) is 0.375. The van der Waals surface area contributed by atoms with E-state index in [-0.39, 0.29) is 12.1 Å². The molecule has 1 fully saturated rings. The Balaban J connectivity index is 2.47. The van der Waals surface area contributed by atoms with Crippen LogP contribution in [0.1, 0.15) is 67.2 Å². The fourth-order valence-electron chi connectivity index (χ4n) is 3.64. The van der Waals surface area contributed by atoms with Gasteiger partial charge in [0.1, 0.15) is 0 Å². The van der Waals surface area contributed by atoms with Gasteiger partial charge >= 0.3 is 0 Å². The highest BCUT2D eigenvalue weighted by molar-refractivity contribution is 4.85. The minimum absolute atomic E-state index is 0.156. The van der Waals surface area contributed by atoms with Gasteiger partial charge in [-0.1, -0.05) is 41.0 Å². The van der Waals surface area contributed by atoms with E-state index in [0.717, 1.165) is 18.9 Å². The van der Waals surface area contributed by atoms with Crippen molar-refractivity contribution in [1.82, 2.24) is 5.32 Å². The molecule has 21 heavy (non-hydrogen) atoms. The van der Waals surface area contributed by atoms with Gasteiger partial charge in [-0.3, -0.25) is 0 Å². The molecule has 0 heterocycles. The fourth-order valence-corrected chi connectivity index (χ4v) is 3.64. The van der Waals surface area contributed by atoms with Gasteiger partial charge in [0.2, 0.25) is 0 Å². The molecule has 3 nitrogen and oxygen atoms in total. The first-order chi connectivity index (χ1) is 9.77. The summed E-state index contributed by atoms with van der Waals surface area (Å²) in [5, 5.41) is 13.1. The quantitative estimate of drug-likeness (QED) is 0.719. The van der Waals surface area contributed by atoms with Gasteiger partial charge in [-0.15, -0.1) is 0 Å². The van der Waals surface area contributed by atoms with Crippen LogP contribution in [0.5, 0.6) is 0 Å². The summed E-state index contributed by atoms with van der Waals surface area (Å²) < 4.78 is 6.26. The van der Waals surface area contributed by atoms with Crippen LogP contribution in [0.15, 0.2) is 0 Å². The lowest BCUT2D eigenvalue weighted by Crippen LogP contribution is -2.50. The van der Waals surface area contributed by atoms with Gasteiger partial charge < -0.3 is 15.2 Å². The third-order valence-electron chi connectivity index (χ3n) is 4.93. The molecule has 3 heteroatoms. The van der Waals surface area contributed by atoms with E-state index in [0.29, 0.717) is 24.0 Å². The second-order valence-electron chi connectivity index (χ2n) is 8.00. The van der Waals surface area contributed by atoms with Crippen molar-refractivity contribution < 1.29 is 9.84 Å². The van der Waals surface area contributed by atoms with Gasteiger partial charge in [0.15, 0.2) is 0 Å². The number of ether oxygens (including phenoxy) is 1. The molecule has 2 N–H and O–H groups in total. The van der Waals surface area contributed by atoms with Crippen LogP contribution in [0.4, 0.5) is 0 Å². The first-order valence-electron chi connectivity index (χ1n) is 8.77. The Morgan fingerprint density at radius 1 is 1.24 bits per heavy atom. The van der Waals surface area contributed by atoms with E-state index in [1.807, 2.05) is 0 Å². The van der Waals surface area contributed by atoms with Crippen LogP contribution in [0, 0.1) is 17.8 Å². The zero-order valence-corrected chi connectivity index (χ0v) is 15.0. The highest BCUT2D eigenvalue weighted by Gasteiger charge is 2.32. The SMILES string of the molecule is CC1CCC(C(C)C)C(OCCC(C)(CO)NC(C)C)C1. The first-order valence-corrected chi connectivity index (χ1v) is 8.77. The number of aliphatic hydroxyl groups is 1. The summed E-state index contributed by atoms with van der Waals surface area (Å²) in [6.45, 7) is 14.2. The molecular formula is C18H37NO2. The predicted molar refractivity (Wildman–Crippen MR) is 89.5 cm³/mol. The Morgan fingerprint density at radius 3 is 2.43 bits per heavy atom. The van der Waals surface area contributed by atoms with Crippen molar-refractivity contribution >= 4 is 0 Å². The lowest BCUT2D eigenvalue weighted by Gasteiger charge is -2.38. The Bertz CT molecular complexity index is 293. The summed E-state index contributed by atoms with van der Waals surface area (Å²) in [7, 11) is 0. The maximum Gasteiger partial charge on any atom is 0.0611 e. The highest BCUT2D eigenvalue weighted by atomic mass is 16.5. The lowest BCUT2D eigenvalue weighted by atomic mass is 9.75. The number of nitrogens with one attached hydrogen (secondary N) is 1. The number of aliphatic hydroxyl groups excluding tert-OH is 1. The Morgan fingerprint density at radius 2 is 1.90 bits per heavy atom. The maximum atomic E-state index is 9.64. The van der Waals surface area contributed by atoms with E-state index in [9.17, 15) is 5.11 Å². The zero-order valence-electron chi connectivity index (χ0n) is 15.0. The van der Waals surface area contributed by atoms with E-state index in [2.05, 4.69) is 46.9 Å². The molecule has 0 aromatic rings. The molecule has 1 rings (SSSR count). The summed E-state index contributed by atoms with van der Waals surface area (Å²) in [5.41, 5.74) is -0.234. The van der Waals surface area contributed by atoms with Crippen molar-refractivity contribution in [2.24, 2.45) is 17.8 Å². The smallest absolute Gasteiger partial charge is 0.0611 e. The number of hydrogen-bond donors (Lipinski definition) is 2. The monoisotopic (exact) mass is 299 g/mol. The van der Waals surface area contributed by atoms with Gasteiger partial charge in [-0.25, -0.2) is 0 Å². The van der Waals surface area contributed by atoms with E-state index < -0.39 is 0 Å². The van der Waals surface area contributed by atoms with Crippen molar-refractivity contribution in [1.29, 1.82) is 0 Å². The van der Waals surface area contributed by atoms with Crippen LogP contribution in [0.25, 0.3) is 0 Å². The first kappa shape index (κ1) is 18.9. The second-order valence-corrected chi connectivity index (χ2v) is 8.00. The standard InChI is InChI=1S/C18H37NO2/c1-13(2)16-8-7-15(5)11-17(16)21-10-9-18(6,12-20)19-14(3)4/h13-17,19-20H,7-12H2,1-6H3. The summed E-state index contributed by atoms with van der Waals surface area (Å²) in [5.74, 6) is 2.17. The average Bonchev–Trinajstić information content (AvgIpc) is 2.37. The van der Waals surface area contributed by atoms with Gasteiger partial charge in [0, 0.05) is 18.2 Å². The van der Waals surface area contributed by atoms with E-state index in [1.165, 1.54) is 19.3 Å². The second kappa shape index (κ2) is 8.50. The van der Waals surface area contributed by atoms with E-state index in [4.69, 9.17) is 4.74 Å². The molecule has 0 aromatic heterocycles. The Kier molecular flexibility index (Phi) is 7.66. The molecule has 126 valence electrons. The third kappa shape index (κ3) is 6.25. The van der Waals surface area contributed by atoms with Crippen molar-refractivity contribution in [2.45, 2.75) is 84.9 Å². The molecule has 4 unspecified atom stereocenters. The summed E-state index contributed by atoms with van der Waals surface area (Å²) in [6.07, 6.45) is 5.08. The number of hydrogen-bond acceptors (Lipinski definition) is 3. The molecule has 0 aliphatic heterocycles. The van der Waals surface area contributed by atoms with Crippen LogP contribution in [-0.2, 0) is 4.74 Å². The van der Waals surface area contributed by atoms with Crippen LogP contribution < -0.4 is 5.32 Å². The van der Waals surface area contributed by atoms with E-state index in [1.54, 1.807) is 0 Å². The molecule has 4 atom stereocenters. The molecule has 0 saturated heterocycles. The molecule has 1 aliphatic carbocycles. The molecule has 1 saturated carbocycles. The molecule has 0 spiro atoms. The van der Waals surface area contributed by atoms with Crippen LogP contribution in [0.2, 0.25) is 0 Å². The Labute approximate surface area is 131 Å². The van der Waals surface area contributed by atoms with Gasteiger partial charge in [0.25, 0.3) is 0 Å². The minimum atomic E-state index is -0.234. The van der Waals surface area contributed by atoms with Gasteiger partial charge in [-0.05, 0) is 43.9 Å². The third-order valence-corrected chi connectivity index (χ3v) is 4.93. The van der Waals surface area contributed by atoms with Gasteiger partial charge in [0.05, 0.1) is 12.7 Å². The maximum absolute atomic E-state index is 9.64. The van der Waals surface area contributed by atoms with Crippen LogP contribution in [0.3, 0.4) is 0 Å². The normalized spacial score (nSPS) is 29.9. The van der Waals surface area contributed by atoms with Crippen molar-refractivity contribution in [3.8, 4) is 0 Å². The van der Waals surface area contributed by atoms with Crippen molar-refractivity contribution in [3.05, 3.63) is 0 Å². The van der Waals surface area contributed by atoms with E-state index >= 15 is 0 Å². The molecule has 1 aliphatic rings. The summed E-state index contributed by atoms with van der Waals surface area (Å²) in [4.78, 5) is 0. The highest BCUT2D eigenvalue weighted by Crippen LogP contribution is 2.35. The summed E-state index contributed by atoms with van der Waals surface area (Å²) >= 11 is 0. The van der Waals surface area contributed by atoms with Crippen molar-refractivity contribution in [2.75, 3.05) is 13.2 Å². The zero-order chi connectivity index (χ0) is 16.0. The molecule has 0 amide bonds. The van der Waals surface area contributed by atoms with Crippen molar-refractivity contribution in [3.63, 3.8) is 0 Å². The topological polar surface area (TPSA) is 41.5 Å². The fraction of sp³-hybridized carbons (Fsp3) is 1.00. The predicted octanol–water partition coefficient (Wildman–Crippen LogP) is 3.60. The molecule has 0 radical (unpaired) electrons. The number of rotatable bonds is 8. The van der Waals surface area contributed by atoms with Gasteiger partial charge in [-0.2, -0.15) is 0 Å². The minimum Gasteiger partial charge on any atom is -0.394 e. The lowest BCUT2D eigenvalue weighted by molar-refractivity contribution is -0.0470. The molecule has 0 aromatic carbocycles.